The van der Waals surface area contributed by atoms with Gasteiger partial charge in [0.25, 0.3) is 0 Å². The van der Waals surface area contributed by atoms with Crippen LogP contribution < -0.4 is 0 Å². The fourth-order valence-corrected chi connectivity index (χ4v) is 3.18. The summed E-state index contributed by atoms with van der Waals surface area (Å²) < 4.78 is 0. The second kappa shape index (κ2) is 4.27. The molecule has 0 bridgehead atoms. The molecule has 3 nitrogen and oxygen atoms in total. The Morgan fingerprint density at radius 1 is 1.18 bits per heavy atom. The topological polar surface area (TPSA) is 40.5 Å². The van der Waals surface area contributed by atoms with E-state index in [1.165, 1.54) is 6.42 Å². The largest absolute Gasteiger partial charge is 0.480 e. The van der Waals surface area contributed by atoms with Crippen LogP contribution in [0.5, 0.6) is 0 Å². The molecule has 1 N–H and O–H groups in total. The minimum Gasteiger partial charge on any atom is -0.480 e. The lowest BCUT2D eigenvalue weighted by molar-refractivity contribution is -0.164. The first-order valence-electron chi connectivity index (χ1n) is 6.85. The summed E-state index contributed by atoms with van der Waals surface area (Å²) in [6.45, 7) is 8.70. The molecule has 2 fully saturated rings. The van der Waals surface area contributed by atoms with Crippen LogP contribution >= 0.6 is 0 Å². The van der Waals surface area contributed by atoms with Gasteiger partial charge >= 0.3 is 5.97 Å². The van der Waals surface area contributed by atoms with Gasteiger partial charge in [-0.1, -0.05) is 40.0 Å². The number of hydrogen-bond donors (Lipinski definition) is 1. The Morgan fingerprint density at radius 2 is 1.71 bits per heavy atom. The van der Waals surface area contributed by atoms with Crippen LogP contribution in [0.15, 0.2) is 0 Å². The second-order valence-corrected chi connectivity index (χ2v) is 6.87. The zero-order valence-corrected chi connectivity index (χ0v) is 11.3. The molecule has 1 saturated carbocycles. The van der Waals surface area contributed by atoms with Crippen molar-refractivity contribution in [3.63, 3.8) is 0 Å². The number of rotatable bonds is 2. The van der Waals surface area contributed by atoms with Gasteiger partial charge in [-0.15, -0.1) is 0 Å². The van der Waals surface area contributed by atoms with Crippen LogP contribution in [0.3, 0.4) is 0 Å². The normalized spacial score (nSPS) is 26.5. The molecule has 1 aliphatic carbocycles. The predicted octanol–water partition coefficient (Wildman–Crippen LogP) is 2.75. The highest BCUT2D eigenvalue weighted by molar-refractivity contribution is 5.79. The van der Waals surface area contributed by atoms with E-state index in [1.807, 2.05) is 0 Å². The number of nitrogens with zero attached hydrogens (tertiary/aromatic N) is 1. The number of carbonyl (C=O) groups is 1. The Hall–Kier alpha value is -0.570. The van der Waals surface area contributed by atoms with Crippen LogP contribution in [0.1, 0.15) is 52.9 Å². The van der Waals surface area contributed by atoms with Gasteiger partial charge in [-0.2, -0.15) is 0 Å². The van der Waals surface area contributed by atoms with Crippen molar-refractivity contribution in [2.24, 2.45) is 11.3 Å². The summed E-state index contributed by atoms with van der Waals surface area (Å²) in [7, 11) is 0. The summed E-state index contributed by atoms with van der Waals surface area (Å²) in [5, 5.41) is 9.57. The standard InChI is InChI=1S/C14H25NO2/c1-13(2,3)11-9-15(10-11)14(12(16)17)7-5-4-6-8-14/h11H,4-10H2,1-3H3,(H,16,17). The molecular weight excluding hydrogens is 214 g/mol. The predicted molar refractivity (Wildman–Crippen MR) is 68.0 cm³/mol. The van der Waals surface area contributed by atoms with Crippen molar-refractivity contribution in [1.82, 2.24) is 4.90 Å². The summed E-state index contributed by atoms with van der Waals surface area (Å²) >= 11 is 0. The zero-order chi connectivity index (χ0) is 12.7. The van der Waals surface area contributed by atoms with Gasteiger partial charge in [-0.3, -0.25) is 9.69 Å². The maximum atomic E-state index is 11.6. The Morgan fingerprint density at radius 3 is 2.12 bits per heavy atom. The van der Waals surface area contributed by atoms with Crippen molar-refractivity contribution in [3.8, 4) is 0 Å². The van der Waals surface area contributed by atoms with Crippen molar-refractivity contribution < 1.29 is 9.90 Å². The minimum atomic E-state index is -0.593. The van der Waals surface area contributed by atoms with Gasteiger partial charge in [0.15, 0.2) is 0 Å². The Balaban J connectivity index is 2.03. The summed E-state index contributed by atoms with van der Waals surface area (Å²) in [5.41, 5.74) is -0.217. The highest BCUT2D eigenvalue weighted by Crippen LogP contribution is 2.42. The van der Waals surface area contributed by atoms with Gasteiger partial charge in [0.05, 0.1) is 0 Å². The molecule has 0 aromatic rings. The molecule has 0 atom stereocenters. The lowest BCUT2D eigenvalue weighted by atomic mass is 9.71. The van der Waals surface area contributed by atoms with Crippen LogP contribution in [-0.4, -0.2) is 34.6 Å². The highest BCUT2D eigenvalue weighted by atomic mass is 16.4. The molecule has 0 unspecified atom stereocenters. The molecule has 0 radical (unpaired) electrons. The maximum absolute atomic E-state index is 11.6. The molecule has 0 aromatic heterocycles. The van der Waals surface area contributed by atoms with Crippen molar-refractivity contribution in [3.05, 3.63) is 0 Å². The lowest BCUT2D eigenvalue weighted by Gasteiger charge is -2.55. The summed E-state index contributed by atoms with van der Waals surface area (Å²) in [4.78, 5) is 13.9. The van der Waals surface area contributed by atoms with Crippen molar-refractivity contribution in [2.75, 3.05) is 13.1 Å². The van der Waals surface area contributed by atoms with E-state index in [0.717, 1.165) is 38.8 Å². The van der Waals surface area contributed by atoms with Crippen molar-refractivity contribution in [2.45, 2.75) is 58.4 Å². The number of aliphatic carboxylic acids is 1. The van der Waals surface area contributed by atoms with Crippen molar-refractivity contribution >= 4 is 5.97 Å². The van der Waals surface area contributed by atoms with Gasteiger partial charge in [0, 0.05) is 13.1 Å². The monoisotopic (exact) mass is 239 g/mol. The van der Waals surface area contributed by atoms with Crippen LogP contribution in [0.25, 0.3) is 0 Å². The molecule has 17 heavy (non-hydrogen) atoms. The number of likely N-dealkylation sites (tertiary alicyclic amines) is 1. The van der Waals surface area contributed by atoms with E-state index >= 15 is 0 Å². The third-order valence-electron chi connectivity index (χ3n) is 4.79. The summed E-state index contributed by atoms with van der Waals surface area (Å²) in [5.74, 6) is 0.0604. The molecule has 0 amide bonds. The SMILES string of the molecule is CC(C)(C)C1CN(C2(C(=O)O)CCCCC2)C1. The molecule has 98 valence electrons. The zero-order valence-electron chi connectivity index (χ0n) is 11.3. The molecular formula is C14H25NO2. The highest BCUT2D eigenvalue weighted by Gasteiger charge is 2.51. The first-order valence-corrected chi connectivity index (χ1v) is 6.85. The van der Waals surface area contributed by atoms with Crippen molar-refractivity contribution in [1.29, 1.82) is 0 Å². The molecule has 1 saturated heterocycles. The van der Waals surface area contributed by atoms with Gasteiger partial charge in [-0.05, 0) is 24.2 Å². The van der Waals surface area contributed by atoms with E-state index in [9.17, 15) is 9.90 Å². The fourth-order valence-electron chi connectivity index (χ4n) is 3.18. The molecule has 2 rings (SSSR count). The van der Waals surface area contributed by atoms with Crippen LogP contribution in [0, 0.1) is 11.3 Å². The van der Waals surface area contributed by atoms with Gasteiger partial charge in [-0.25, -0.2) is 0 Å². The third kappa shape index (κ3) is 2.22. The number of carboxylic acid groups (broad SMARTS) is 1. The lowest BCUT2D eigenvalue weighted by Crippen LogP contribution is -2.66. The van der Waals surface area contributed by atoms with Crippen LogP contribution in [0.4, 0.5) is 0 Å². The van der Waals surface area contributed by atoms with Gasteiger partial charge in [0.1, 0.15) is 5.54 Å². The van der Waals surface area contributed by atoms with E-state index in [2.05, 4.69) is 25.7 Å². The van der Waals surface area contributed by atoms with Crippen LogP contribution in [-0.2, 0) is 4.79 Å². The smallest absolute Gasteiger partial charge is 0.324 e. The second-order valence-electron chi connectivity index (χ2n) is 6.87. The quantitative estimate of drug-likeness (QED) is 0.805. The minimum absolute atomic E-state index is 0.310. The third-order valence-corrected chi connectivity index (χ3v) is 4.79. The average molecular weight is 239 g/mol. The van der Waals surface area contributed by atoms with E-state index < -0.39 is 11.5 Å². The van der Waals surface area contributed by atoms with E-state index in [4.69, 9.17) is 0 Å². The molecule has 2 aliphatic rings. The molecule has 3 heteroatoms. The number of hydrogen-bond acceptors (Lipinski definition) is 2. The summed E-state index contributed by atoms with van der Waals surface area (Å²) in [6.07, 6.45) is 5.04. The molecule has 1 heterocycles. The van der Waals surface area contributed by atoms with Crippen LogP contribution in [0.2, 0.25) is 0 Å². The Bertz CT molecular complexity index is 294. The first kappa shape index (κ1) is 12.9. The average Bonchev–Trinajstić information content (AvgIpc) is 2.14. The summed E-state index contributed by atoms with van der Waals surface area (Å²) in [6, 6.07) is 0. The first-order chi connectivity index (χ1) is 7.86. The molecule has 0 spiro atoms. The van der Waals surface area contributed by atoms with E-state index in [0.29, 0.717) is 11.3 Å². The van der Waals surface area contributed by atoms with E-state index in [1.54, 1.807) is 0 Å². The van der Waals surface area contributed by atoms with E-state index in [-0.39, 0.29) is 0 Å². The molecule has 1 aliphatic heterocycles. The van der Waals surface area contributed by atoms with Gasteiger partial charge < -0.3 is 5.11 Å². The molecule has 0 aromatic carbocycles. The Labute approximate surface area is 104 Å². The fraction of sp³-hybridized carbons (Fsp3) is 0.929. The van der Waals surface area contributed by atoms with Gasteiger partial charge in [0.2, 0.25) is 0 Å². The number of carboxylic acids is 1. The Kier molecular flexibility index (Phi) is 3.23. The maximum Gasteiger partial charge on any atom is 0.324 e.